The quantitative estimate of drug-likeness (QED) is 0.745. The summed E-state index contributed by atoms with van der Waals surface area (Å²) < 4.78 is 10.7. The van der Waals surface area contributed by atoms with Crippen LogP contribution in [0.4, 0.5) is 0 Å². The Hall–Kier alpha value is -1.27. The van der Waals surface area contributed by atoms with Crippen molar-refractivity contribution in [2.45, 2.75) is 12.5 Å². The first-order valence-electron chi connectivity index (χ1n) is 4.62. The van der Waals surface area contributed by atoms with Gasteiger partial charge in [0.1, 0.15) is 16.8 Å². The summed E-state index contributed by atoms with van der Waals surface area (Å²) in [7, 11) is 0. The van der Waals surface area contributed by atoms with E-state index < -0.39 is 0 Å². The minimum Gasteiger partial charge on any atom is -0.471 e. The average molecular weight is 225 g/mol. The van der Waals surface area contributed by atoms with Crippen LogP contribution < -0.4 is 10.5 Å². The fourth-order valence-electron chi connectivity index (χ4n) is 1.28. The van der Waals surface area contributed by atoms with Gasteiger partial charge in [-0.05, 0) is 0 Å². The molecule has 1 aromatic heterocycles. The Morgan fingerprint density at radius 3 is 2.93 bits per heavy atom. The van der Waals surface area contributed by atoms with Crippen LogP contribution in [-0.2, 0) is 4.74 Å². The monoisotopic (exact) mass is 225 g/mol. The van der Waals surface area contributed by atoms with Crippen molar-refractivity contribution in [1.82, 2.24) is 9.97 Å². The smallest absolute Gasteiger partial charge is 0.232 e. The average Bonchev–Trinajstić information content (AvgIpc) is 2.71. The van der Waals surface area contributed by atoms with E-state index >= 15 is 0 Å². The molecule has 80 valence electrons. The summed E-state index contributed by atoms with van der Waals surface area (Å²) in [5, 5.41) is 0. The maximum Gasteiger partial charge on any atom is 0.232 e. The highest BCUT2D eigenvalue weighted by Crippen LogP contribution is 2.13. The third-order valence-electron chi connectivity index (χ3n) is 2.06. The topological polar surface area (TPSA) is 70.3 Å². The highest BCUT2D eigenvalue weighted by molar-refractivity contribution is 7.80. The lowest BCUT2D eigenvalue weighted by atomic mass is 10.3. The van der Waals surface area contributed by atoms with Crippen molar-refractivity contribution in [2.24, 2.45) is 5.73 Å². The van der Waals surface area contributed by atoms with Gasteiger partial charge >= 0.3 is 0 Å². The van der Waals surface area contributed by atoms with E-state index in [1.54, 1.807) is 0 Å². The number of nitrogens with zero attached hydrogens (tertiary/aromatic N) is 2. The van der Waals surface area contributed by atoms with Gasteiger partial charge in [-0.2, -0.15) is 0 Å². The molecule has 2 heterocycles. The Kier molecular flexibility index (Phi) is 3.08. The van der Waals surface area contributed by atoms with Gasteiger partial charge in [0.05, 0.1) is 25.6 Å². The van der Waals surface area contributed by atoms with Gasteiger partial charge in [-0.1, -0.05) is 12.2 Å². The third-order valence-corrected chi connectivity index (χ3v) is 2.27. The lowest BCUT2D eigenvalue weighted by molar-refractivity contribution is 0.137. The normalized spacial score (nSPS) is 20.1. The molecule has 1 fully saturated rings. The first-order valence-corrected chi connectivity index (χ1v) is 5.03. The molecule has 5 nitrogen and oxygen atoms in total. The molecule has 0 aliphatic carbocycles. The van der Waals surface area contributed by atoms with Crippen molar-refractivity contribution in [3.8, 4) is 5.88 Å². The number of hydrogen-bond donors (Lipinski definition) is 1. The zero-order chi connectivity index (χ0) is 10.7. The minimum absolute atomic E-state index is 0.0787. The van der Waals surface area contributed by atoms with Crippen LogP contribution in [0.25, 0.3) is 0 Å². The number of thiocarbonyl (C=S) groups is 1. The van der Waals surface area contributed by atoms with Gasteiger partial charge in [0.15, 0.2) is 0 Å². The molecule has 0 bridgehead atoms. The Balaban J connectivity index is 2.00. The van der Waals surface area contributed by atoms with Crippen molar-refractivity contribution in [3.63, 3.8) is 0 Å². The SMILES string of the molecule is NC(=S)c1cnc(OC2CCOC2)cn1. The van der Waals surface area contributed by atoms with E-state index in [9.17, 15) is 0 Å². The summed E-state index contributed by atoms with van der Waals surface area (Å²) in [6, 6.07) is 0. The van der Waals surface area contributed by atoms with E-state index in [1.165, 1.54) is 12.4 Å². The first-order chi connectivity index (χ1) is 7.25. The molecular formula is C9H11N3O2S. The second kappa shape index (κ2) is 4.50. The molecule has 2 N–H and O–H groups in total. The lowest BCUT2D eigenvalue weighted by Crippen LogP contribution is -2.17. The van der Waals surface area contributed by atoms with Crippen molar-refractivity contribution in [3.05, 3.63) is 18.1 Å². The van der Waals surface area contributed by atoms with Gasteiger partial charge in [-0.3, -0.25) is 0 Å². The minimum atomic E-state index is 0.0787. The van der Waals surface area contributed by atoms with Crippen molar-refractivity contribution < 1.29 is 9.47 Å². The van der Waals surface area contributed by atoms with Crippen LogP contribution in [0.3, 0.4) is 0 Å². The standard InChI is InChI=1S/C9H11N3O2S/c10-9(15)7-3-12-8(4-11-7)14-6-1-2-13-5-6/h3-4,6H,1-2,5H2,(H2,10,15). The van der Waals surface area contributed by atoms with Gasteiger partial charge in [-0.15, -0.1) is 0 Å². The van der Waals surface area contributed by atoms with Gasteiger partial charge in [0, 0.05) is 6.42 Å². The van der Waals surface area contributed by atoms with E-state index in [2.05, 4.69) is 9.97 Å². The van der Waals surface area contributed by atoms with Crippen LogP contribution in [-0.4, -0.2) is 34.3 Å². The zero-order valence-electron chi connectivity index (χ0n) is 8.05. The molecule has 6 heteroatoms. The summed E-state index contributed by atoms with van der Waals surface area (Å²) in [6.45, 7) is 1.35. The Bertz CT molecular complexity index is 349. The summed E-state index contributed by atoms with van der Waals surface area (Å²) >= 11 is 4.76. The number of nitrogens with two attached hydrogens (primary N) is 1. The maximum atomic E-state index is 5.53. The molecule has 1 aliphatic rings. The number of aromatic nitrogens is 2. The maximum absolute atomic E-state index is 5.53. The molecule has 1 saturated heterocycles. The van der Waals surface area contributed by atoms with E-state index in [4.69, 9.17) is 27.4 Å². The second-order valence-electron chi connectivity index (χ2n) is 3.21. The van der Waals surface area contributed by atoms with Crippen LogP contribution in [0, 0.1) is 0 Å². The van der Waals surface area contributed by atoms with Crippen molar-refractivity contribution in [2.75, 3.05) is 13.2 Å². The van der Waals surface area contributed by atoms with Crippen LogP contribution >= 0.6 is 12.2 Å². The van der Waals surface area contributed by atoms with Crippen LogP contribution in [0.5, 0.6) is 5.88 Å². The summed E-state index contributed by atoms with van der Waals surface area (Å²) in [5.74, 6) is 0.477. The largest absolute Gasteiger partial charge is 0.471 e. The Labute approximate surface area is 92.6 Å². The van der Waals surface area contributed by atoms with E-state index in [1.807, 2.05) is 0 Å². The Morgan fingerprint density at radius 1 is 1.53 bits per heavy atom. The summed E-state index contributed by atoms with van der Waals surface area (Å²) in [5.41, 5.74) is 5.90. The number of ether oxygens (including phenoxy) is 2. The molecule has 2 rings (SSSR count). The second-order valence-corrected chi connectivity index (χ2v) is 3.65. The highest BCUT2D eigenvalue weighted by atomic mass is 32.1. The molecule has 1 aromatic rings. The van der Waals surface area contributed by atoms with Gasteiger partial charge in [0.2, 0.25) is 5.88 Å². The predicted molar refractivity (Wildman–Crippen MR) is 57.8 cm³/mol. The highest BCUT2D eigenvalue weighted by Gasteiger charge is 2.17. The zero-order valence-corrected chi connectivity index (χ0v) is 8.87. The van der Waals surface area contributed by atoms with Crippen LogP contribution in [0.15, 0.2) is 12.4 Å². The first kappa shape index (κ1) is 10.3. The van der Waals surface area contributed by atoms with E-state index in [-0.39, 0.29) is 11.1 Å². The summed E-state index contributed by atoms with van der Waals surface area (Å²) in [6.07, 6.45) is 3.99. The molecule has 15 heavy (non-hydrogen) atoms. The molecule has 1 unspecified atom stereocenters. The van der Waals surface area contributed by atoms with Crippen LogP contribution in [0.2, 0.25) is 0 Å². The Morgan fingerprint density at radius 2 is 2.40 bits per heavy atom. The fraction of sp³-hybridized carbons (Fsp3) is 0.444. The van der Waals surface area contributed by atoms with E-state index in [0.29, 0.717) is 18.2 Å². The van der Waals surface area contributed by atoms with Crippen molar-refractivity contribution >= 4 is 17.2 Å². The lowest BCUT2D eigenvalue weighted by Gasteiger charge is -2.09. The molecule has 0 spiro atoms. The van der Waals surface area contributed by atoms with Gasteiger partial charge < -0.3 is 15.2 Å². The van der Waals surface area contributed by atoms with Gasteiger partial charge in [0.25, 0.3) is 0 Å². The predicted octanol–water partition coefficient (Wildman–Crippen LogP) is 0.279. The van der Waals surface area contributed by atoms with Gasteiger partial charge in [-0.25, -0.2) is 9.97 Å². The molecule has 1 aliphatic heterocycles. The fourth-order valence-corrected chi connectivity index (χ4v) is 1.39. The van der Waals surface area contributed by atoms with E-state index in [0.717, 1.165) is 13.0 Å². The molecule has 0 saturated carbocycles. The molecule has 0 radical (unpaired) electrons. The molecule has 0 amide bonds. The molecule has 0 aromatic carbocycles. The number of hydrogen-bond acceptors (Lipinski definition) is 5. The van der Waals surface area contributed by atoms with Crippen molar-refractivity contribution in [1.29, 1.82) is 0 Å². The molecular weight excluding hydrogens is 214 g/mol. The van der Waals surface area contributed by atoms with Crippen LogP contribution in [0.1, 0.15) is 12.1 Å². The number of rotatable bonds is 3. The summed E-state index contributed by atoms with van der Waals surface area (Å²) in [4.78, 5) is 8.32. The third kappa shape index (κ3) is 2.60. The molecule has 1 atom stereocenters.